The molecule has 0 unspecified atom stereocenters. The van der Waals surface area contributed by atoms with Gasteiger partial charge < -0.3 is 10.6 Å². The number of aromatic nitrogens is 4. The lowest BCUT2D eigenvalue weighted by atomic mass is 10.3. The number of nitrogens with zero attached hydrogens (tertiary/aromatic N) is 4. The fourth-order valence-electron chi connectivity index (χ4n) is 2.34. The van der Waals surface area contributed by atoms with Gasteiger partial charge in [0.05, 0.1) is 0 Å². The first-order chi connectivity index (χ1) is 13.6. The minimum Gasteiger partial charge on any atom is -0.352 e. The number of rotatable bonds is 5. The molecule has 0 aliphatic heterocycles. The SMILES string of the molecule is CC(C)Nc1nc(Nc2cc(F)cc(F)c2)nc(-c2cccc(C(F)(F)F)n2)n1. The van der Waals surface area contributed by atoms with E-state index in [1.54, 1.807) is 13.8 Å². The first-order valence-corrected chi connectivity index (χ1v) is 8.40. The number of hydrogen-bond donors (Lipinski definition) is 2. The molecule has 2 heterocycles. The zero-order valence-corrected chi connectivity index (χ0v) is 15.2. The van der Waals surface area contributed by atoms with Gasteiger partial charge >= 0.3 is 6.18 Å². The molecule has 2 N–H and O–H groups in total. The number of hydrogen-bond acceptors (Lipinski definition) is 6. The summed E-state index contributed by atoms with van der Waals surface area (Å²) in [5.74, 6) is -1.84. The van der Waals surface area contributed by atoms with Gasteiger partial charge in [0.25, 0.3) is 0 Å². The molecule has 1 aromatic carbocycles. The molecule has 0 spiro atoms. The van der Waals surface area contributed by atoms with E-state index < -0.39 is 23.5 Å². The van der Waals surface area contributed by atoms with Gasteiger partial charge in [-0.3, -0.25) is 0 Å². The first kappa shape index (κ1) is 20.4. The fraction of sp³-hybridized carbons (Fsp3) is 0.222. The standard InChI is InChI=1S/C18H15F5N6/c1-9(2)24-16-27-15(13-4-3-5-14(26-13)18(21,22)23)28-17(29-16)25-12-7-10(19)6-11(20)8-12/h3-9H,1-2H3,(H2,24,25,27,28,29). The lowest BCUT2D eigenvalue weighted by Crippen LogP contribution is -2.15. The Hall–Kier alpha value is -3.37. The zero-order chi connectivity index (χ0) is 21.2. The van der Waals surface area contributed by atoms with Crippen molar-refractivity contribution in [3.8, 4) is 11.5 Å². The van der Waals surface area contributed by atoms with Crippen LogP contribution in [0, 0.1) is 11.6 Å². The van der Waals surface area contributed by atoms with Crippen LogP contribution >= 0.6 is 0 Å². The van der Waals surface area contributed by atoms with E-state index in [4.69, 9.17) is 0 Å². The second kappa shape index (κ2) is 7.94. The smallest absolute Gasteiger partial charge is 0.352 e. The molecule has 0 atom stereocenters. The molecule has 0 fully saturated rings. The average Bonchev–Trinajstić information content (AvgIpc) is 2.59. The van der Waals surface area contributed by atoms with Crippen LogP contribution in [-0.2, 0) is 6.18 Å². The summed E-state index contributed by atoms with van der Waals surface area (Å²) in [6, 6.07) is 5.96. The lowest BCUT2D eigenvalue weighted by molar-refractivity contribution is -0.141. The highest BCUT2D eigenvalue weighted by Gasteiger charge is 2.32. The van der Waals surface area contributed by atoms with E-state index in [9.17, 15) is 22.0 Å². The number of benzene rings is 1. The van der Waals surface area contributed by atoms with Crippen molar-refractivity contribution < 1.29 is 22.0 Å². The summed E-state index contributed by atoms with van der Waals surface area (Å²) < 4.78 is 65.7. The Morgan fingerprint density at radius 2 is 1.52 bits per heavy atom. The predicted molar refractivity (Wildman–Crippen MR) is 96.5 cm³/mol. The molecule has 0 saturated heterocycles. The molecule has 11 heteroatoms. The number of anilines is 3. The topological polar surface area (TPSA) is 75.6 Å². The Balaban J connectivity index is 2.04. The van der Waals surface area contributed by atoms with E-state index in [1.807, 2.05) is 0 Å². The minimum absolute atomic E-state index is 0.0205. The van der Waals surface area contributed by atoms with Crippen LogP contribution in [0.25, 0.3) is 11.5 Å². The molecule has 0 bridgehead atoms. The molecule has 0 aliphatic rings. The highest BCUT2D eigenvalue weighted by Crippen LogP contribution is 2.29. The Labute approximate surface area is 162 Å². The summed E-state index contributed by atoms with van der Waals surface area (Å²) in [5.41, 5.74) is -1.22. The van der Waals surface area contributed by atoms with Crippen LogP contribution in [0.3, 0.4) is 0 Å². The molecule has 3 rings (SSSR count). The van der Waals surface area contributed by atoms with E-state index in [1.165, 1.54) is 12.1 Å². The molecule has 2 aromatic heterocycles. The largest absolute Gasteiger partial charge is 0.433 e. The quantitative estimate of drug-likeness (QED) is 0.589. The second-order valence-corrected chi connectivity index (χ2v) is 6.29. The van der Waals surface area contributed by atoms with Crippen LogP contribution in [-0.4, -0.2) is 26.0 Å². The molecular weight excluding hydrogens is 395 g/mol. The van der Waals surface area contributed by atoms with Crippen LogP contribution in [0.4, 0.5) is 39.5 Å². The molecule has 6 nitrogen and oxygen atoms in total. The summed E-state index contributed by atoms with van der Waals surface area (Å²) in [6.45, 7) is 3.61. The van der Waals surface area contributed by atoms with Gasteiger partial charge in [0, 0.05) is 17.8 Å². The van der Waals surface area contributed by atoms with Crippen LogP contribution in [0.2, 0.25) is 0 Å². The first-order valence-electron chi connectivity index (χ1n) is 8.40. The highest BCUT2D eigenvalue weighted by atomic mass is 19.4. The van der Waals surface area contributed by atoms with Crippen LogP contribution in [0.15, 0.2) is 36.4 Å². The van der Waals surface area contributed by atoms with E-state index >= 15 is 0 Å². The molecular formula is C18H15F5N6. The Kier molecular flexibility index (Phi) is 5.57. The normalized spacial score (nSPS) is 11.6. The monoisotopic (exact) mass is 410 g/mol. The summed E-state index contributed by atoms with van der Waals surface area (Å²) in [4.78, 5) is 15.8. The maximum Gasteiger partial charge on any atom is 0.433 e. The van der Waals surface area contributed by atoms with Gasteiger partial charge in [-0.1, -0.05) is 6.07 Å². The third kappa shape index (κ3) is 5.33. The number of pyridine rings is 1. The maximum atomic E-state index is 13.4. The molecule has 152 valence electrons. The second-order valence-electron chi connectivity index (χ2n) is 6.29. The van der Waals surface area contributed by atoms with Crippen molar-refractivity contribution in [2.45, 2.75) is 26.1 Å². The zero-order valence-electron chi connectivity index (χ0n) is 15.2. The van der Waals surface area contributed by atoms with Crippen molar-refractivity contribution in [2.24, 2.45) is 0 Å². The molecule has 29 heavy (non-hydrogen) atoms. The lowest BCUT2D eigenvalue weighted by Gasteiger charge is -2.13. The van der Waals surface area contributed by atoms with Gasteiger partial charge in [-0.05, 0) is 38.1 Å². The summed E-state index contributed by atoms with van der Waals surface area (Å²) in [7, 11) is 0. The third-order valence-corrected chi connectivity index (χ3v) is 3.44. The Morgan fingerprint density at radius 3 is 2.14 bits per heavy atom. The summed E-state index contributed by atoms with van der Waals surface area (Å²) in [5, 5.41) is 5.53. The minimum atomic E-state index is -4.64. The molecule has 0 amide bonds. The van der Waals surface area contributed by atoms with Crippen molar-refractivity contribution in [1.82, 2.24) is 19.9 Å². The third-order valence-electron chi connectivity index (χ3n) is 3.44. The van der Waals surface area contributed by atoms with Gasteiger partial charge in [-0.2, -0.15) is 28.1 Å². The van der Waals surface area contributed by atoms with Gasteiger partial charge in [-0.25, -0.2) is 13.8 Å². The molecule has 0 aliphatic carbocycles. The predicted octanol–water partition coefficient (Wildman–Crippen LogP) is 4.79. The Bertz CT molecular complexity index is 1000. The van der Waals surface area contributed by atoms with Crippen molar-refractivity contribution in [3.63, 3.8) is 0 Å². The summed E-state index contributed by atoms with van der Waals surface area (Å²) >= 11 is 0. The average molecular weight is 410 g/mol. The van der Waals surface area contributed by atoms with Crippen molar-refractivity contribution in [3.05, 3.63) is 53.7 Å². The van der Waals surface area contributed by atoms with Crippen molar-refractivity contribution in [1.29, 1.82) is 0 Å². The maximum absolute atomic E-state index is 13.4. The number of halogens is 5. The van der Waals surface area contributed by atoms with E-state index in [-0.39, 0.29) is 35.1 Å². The van der Waals surface area contributed by atoms with Crippen LogP contribution < -0.4 is 10.6 Å². The molecule has 0 saturated carbocycles. The number of alkyl halides is 3. The van der Waals surface area contributed by atoms with Crippen LogP contribution in [0.5, 0.6) is 0 Å². The van der Waals surface area contributed by atoms with Gasteiger partial charge in [0.15, 0.2) is 5.82 Å². The van der Waals surface area contributed by atoms with Gasteiger partial charge in [0.1, 0.15) is 23.0 Å². The van der Waals surface area contributed by atoms with Crippen molar-refractivity contribution >= 4 is 17.6 Å². The van der Waals surface area contributed by atoms with Crippen molar-refractivity contribution in [2.75, 3.05) is 10.6 Å². The van der Waals surface area contributed by atoms with E-state index in [0.717, 1.165) is 18.2 Å². The summed E-state index contributed by atoms with van der Waals surface area (Å²) in [6.07, 6.45) is -4.64. The van der Waals surface area contributed by atoms with E-state index in [2.05, 4.69) is 30.6 Å². The highest BCUT2D eigenvalue weighted by molar-refractivity contribution is 5.59. The van der Waals surface area contributed by atoms with Gasteiger partial charge in [0.2, 0.25) is 11.9 Å². The molecule has 0 radical (unpaired) electrons. The fourth-order valence-corrected chi connectivity index (χ4v) is 2.34. The van der Waals surface area contributed by atoms with Crippen LogP contribution in [0.1, 0.15) is 19.5 Å². The Morgan fingerprint density at radius 1 is 0.862 bits per heavy atom. The number of nitrogens with one attached hydrogen (secondary N) is 2. The molecule has 3 aromatic rings. The van der Waals surface area contributed by atoms with Gasteiger partial charge in [-0.15, -0.1) is 0 Å². The van der Waals surface area contributed by atoms with E-state index in [0.29, 0.717) is 6.07 Å².